The molecule has 3 aromatic carbocycles. The van der Waals surface area contributed by atoms with Crippen LogP contribution in [0.25, 0.3) is 10.8 Å². The average molecular weight is 569 g/mol. The maximum absolute atomic E-state index is 13.5. The summed E-state index contributed by atoms with van der Waals surface area (Å²) in [6.07, 6.45) is 0.0978. The van der Waals surface area contributed by atoms with Gasteiger partial charge in [0.25, 0.3) is 17.6 Å². The molecular formula is C33H36N4O5. The second kappa shape index (κ2) is 12.7. The van der Waals surface area contributed by atoms with Crippen molar-refractivity contribution < 1.29 is 23.9 Å². The number of aromatic nitrogens is 2. The van der Waals surface area contributed by atoms with E-state index in [1.807, 2.05) is 69.3 Å². The number of nitrogens with one attached hydrogen (secondary N) is 1. The van der Waals surface area contributed by atoms with Crippen LogP contribution in [0.4, 0.5) is 5.82 Å². The molecule has 0 bridgehead atoms. The van der Waals surface area contributed by atoms with E-state index in [9.17, 15) is 14.4 Å². The Bertz CT molecular complexity index is 1580. The van der Waals surface area contributed by atoms with Gasteiger partial charge in [-0.15, -0.1) is 0 Å². The minimum absolute atomic E-state index is 0.0978. The van der Waals surface area contributed by atoms with Crippen molar-refractivity contribution in [3.63, 3.8) is 0 Å². The number of ketones is 1. The molecule has 5 rings (SSSR count). The van der Waals surface area contributed by atoms with Gasteiger partial charge < -0.3 is 14.8 Å². The summed E-state index contributed by atoms with van der Waals surface area (Å²) in [5.74, 6) is -1.08. The first-order chi connectivity index (χ1) is 20.2. The number of fused-ring (bicyclic) bond motifs is 1. The first kappa shape index (κ1) is 29.2. The lowest BCUT2D eigenvalue weighted by molar-refractivity contribution is -0.112. The van der Waals surface area contributed by atoms with Crippen LogP contribution in [0.1, 0.15) is 47.2 Å². The predicted molar refractivity (Wildman–Crippen MR) is 161 cm³/mol. The highest BCUT2D eigenvalue weighted by atomic mass is 16.5. The lowest BCUT2D eigenvalue weighted by atomic mass is 9.92. The van der Waals surface area contributed by atoms with Gasteiger partial charge >= 0.3 is 0 Å². The summed E-state index contributed by atoms with van der Waals surface area (Å²) in [7, 11) is 0. The van der Waals surface area contributed by atoms with Crippen molar-refractivity contribution in [3.8, 4) is 5.75 Å². The van der Waals surface area contributed by atoms with Crippen molar-refractivity contribution in [2.75, 3.05) is 44.8 Å². The number of ether oxygens (including phenoxy) is 2. The standard InChI is InChI=1S/C33H36N4O5/c1-33(2,3)28-22-29(37(35-28)30(38)21-23-9-5-4-6-10-23)34-32(40)31(39)26-13-14-27(25-12-8-7-11-24(25)26)42-20-17-36-15-18-41-19-16-36/h4-14,22H,15-21H2,1-3H3,(H,34,40). The fraction of sp³-hybridized carbons (Fsp3) is 0.333. The first-order valence-electron chi connectivity index (χ1n) is 14.2. The second-order valence-corrected chi connectivity index (χ2v) is 11.4. The van der Waals surface area contributed by atoms with E-state index in [0.717, 1.165) is 43.8 Å². The quantitative estimate of drug-likeness (QED) is 0.230. The number of morpholine rings is 1. The topological polar surface area (TPSA) is 103 Å². The number of amides is 1. The molecule has 218 valence electrons. The first-order valence-corrected chi connectivity index (χ1v) is 14.2. The summed E-state index contributed by atoms with van der Waals surface area (Å²) in [6.45, 7) is 10.4. The van der Waals surface area contributed by atoms with E-state index in [1.54, 1.807) is 24.3 Å². The van der Waals surface area contributed by atoms with Crippen LogP contribution < -0.4 is 10.1 Å². The van der Waals surface area contributed by atoms with E-state index in [0.29, 0.717) is 23.4 Å². The molecule has 2 heterocycles. The fourth-order valence-electron chi connectivity index (χ4n) is 4.87. The maximum atomic E-state index is 13.5. The summed E-state index contributed by atoms with van der Waals surface area (Å²) in [6, 6.07) is 21.7. The van der Waals surface area contributed by atoms with Crippen LogP contribution in [-0.2, 0) is 21.4 Å². The van der Waals surface area contributed by atoms with Gasteiger partial charge in [0.05, 0.1) is 25.3 Å². The Balaban J connectivity index is 1.35. The number of carbonyl (C=O) groups is 3. The van der Waals surface area contributed by atoms with Gasteiger partial charge in [-0.1, -0.05) is 75.4 Å². The normalized spacial score (nSPS) is 14.1. The van der Waals surface area contributed by atoms with Crippen molar-refractivity contribution in [3.05, 3.63) is 89.6 Å². The number of benzene rings is 3. The molecular weight excluding hydrogens is 532 g/mol. The van der Waals surface area contributed by atoms with Gasteiger partial charge in [0.2, 0.25) is 0 Å². The van der Waals surface area contributed by atoms with Gasteiger partial charge in [-0.2, -0.15) is 9.78 Å². The molecule has 1 amide bonds. The van der Waals surface area contributed by atoms with Crippen molar-refractivity contribution in [1.82, 2.24) is 14.7 Å². The third kappa shape index (κ3) is 6.75. The van der Waals surface area contributed by atoms with Gasteiger partial charge in [0, 0.05) is 42.1 Å². The number of hydrogen-bond acceptors (Lipinski definition) is 7. The SMILES string of the molecule is CC(C)(C)c1cc(NC(=O)C(=O)c2ccc(OCCN3CCOCC3)c3ccccc23)n(C(=O)Cc2ccccc2)n1. The largest absolute Gasteiger partial charge is 0.492 e. The van der Waals surface area contributed by atoms with E-state index in [4.69, 9.17) is 9.47 Å². The van der Waals surface area contributed by atoms with Gasteiger partial charge in [0.15, 0.2) is 0 Å². The maximum Gasteiger partial charge on any atom is 0.297 e. The minimum Gasteiger partial charge on any atom is -0.492 e. The van der Waals surface area contributed by atoms with E-state index in [2.05, 4.69) is 15.3 Å². The lowest BCUT2D eigenvalue weighted by Crippen LogP contribution is -2.38. The lowest BCUT2D eigenvalue weighted by Gasteiger charge is -2.26. The molecule has 0 saturated carbocycles. The zero-order valence-electron chi connectivity index (χ0n) is 24.3. The van der Waals surface area contributed by atoms with Gasteiger partial charge in [-0.25, -0.2) is 0 Å². The monoisotopic (exact) mass is 568 g/mol. The van der Waals surface area contributed by atoms with Gasteiger partial charge in [0.1, 0.15) is 18.2 Å². The molecule has 0 unspecified atom stereocenters. The van der Waals surface area contributed by atoms with Crippen molar-refractivity contribution in [1.29, 1.82) is 0 Å². The molecule has 0 atom stereocenters. The van der Waals surface area contributed by atoms with E-state index >= 15 is 0 Å². The predicted octanol–water partition coefficient (Wildman–Crippen LogP) is 4.75. The number of carbonyl (C=O) groups excluding carboxylic acids is 3. The summed E-state index contributed by atoms with van der Waals surface area (Å²) >= 11 is 0. The third-order valence-electron chi connectivity index (χ3n) is 7.26. The van der Waals surface area contributed by atoms with Crippen molar-refractivity contribution in [2.24, 2.45) is 0 Å². The molecule has 4 aromatic rings. The Labute approximate surface area is 245 Å². The minimum atomic E-state index is -0.852. The average Bonchev–Trinajstić information content (AvgIpc) is 3.42. The highest BCUT2D eigenvalue weighted by molar-refractivity contribution is 6.48. The summed E-state index contributed by atoms with van der Waals surface area (Å²) in [5, 5.41) is 8.53. The molecule has 42 heavy (non-hydrogen) atoms. The van der Waals surface area contributed by atoms with E-state index in [-0.39, 0.29) is 29.1 Å². The molecule has 1 aromatic heterocycles. The van der Waals surface area contributed by atoms with Crippen LogP contribution in [0.5, 0.6) is 5.75 Å². The number of anilines is 1. The zero-order chi connectivity index (χ0) is 29.7. The van der Waals surface area contributed by atoms with Crippen LogP contribution in [0.15, 0.2) is 72.8 Å². The second-order valence-electron chi connectivity index (χ2n) is 11.4. The molecule has 0 radical (unpaired) electrons. The Morgan fingerprint density at radius 1 is 0.929 bits per heavy atom. The Hall–Kier alpha value is -4.34. The summed E-state index contributed by atoms with van der Waals surface area (Å²) < 4.78 is 12.7. The third-order valence-corrected chi connectivity index (χ3v) is 7.26. The van der Waals surface area contributed by atoms with Crippen molar-refractivity contribution >= 4 is 34.2 Å². The molecule has 1 saturated heterocycles. The molecule has 1 N–H and O–H groups in total. The highest BCUT2D eigenvalue weighted by Crippen LogP contribution is 2.30. The molecule has 0 spiro atoms. The number of Topliss-reactive ketones (excluding diaryl/α,β-unsaturated/α-hetero) is 1. The van der Waals surface area contributed by atoms with Crippen LogP contribution in [0.3, 0.4) is 0 Å². The molecule has 1 fully saturated rings. The Morgan fingerprint density at radius 3 is 2.33 bits per heavy atom. The molecule has 9 nitrogen and oxygen atoms in total. The molecule has 0 aliphatic carbocycles. The Morgan fingerprint density at radius 2 is 1.62 bits per heavy atom. The fourth-order valence-corrected chi connectivity index (χ4v) is 4.87. The number of hydrogen-bond donors (Lipinski definition) is 1. The van der Waals surface area contributed by atoms with Crippen LogP contribution >= 0.6 is 0 Å². The smallest absolute Gasteiger partial charge is 0.297 e. The Kier molecular flexibility index (Phi) is 8.80. The zero-order valence-corrected chi connectivity index (χ0v) is 24.3. The van der Waals surface area contributed by atoms with Crippen LogP contribution in [-0.4, -0.2) is 71.7 Å². The summed E-state index contributed by atoms with van der Waals surface area (Å²) in [5.41, 5.74) is 1.31. The highest BCUT2D eigenvalue weighted by Gasteiger charge is 2.26. The number of nitrogens with zero attached hydrogens (tertiary/aromatic N) is 3. The molecule has 1 aliphatic heterocycles. The van der Waals surface area contributed by atoms with Gasteiger partial charge in [-0.05, 0) is 23.1 Å². The molecule has 9 heteroatoms. The number of rotatable bonds is 9. The van der Waals surface area contributed by atoms with Gasteiger partial charge in [-0.3, -0.25) is 19.3 Å². The van der Waals surface area contributed by atoms with Crippen LogP contribution in [0.2, 0.25) is 0 Å². The molecule has 1 aliphatic rings. The summed E-state index contributed by atoms with van der Waals surface area (Å²) in [4.78, 5) is 42.3. The van der Waals surface area contributed by atoms with Crippen molar-refractivity contribution in [2.45, 2.75) is 32.6 Å². The van der Waals surface area contributed by atoms with E-state index < -0.39 is 11.7 Å². The van der Waals surface area contributed by atoms with E-state index in [1.165, 1.54) is 4.68 Å². The van der Waals surface area contributed by atoms with Crippen LogP contribution in [0, 0.1) is 0 Å².